The van der Waals surface area contributed by atoms with Crippen LogP contribution in [0.1, 0.15) is 11.4 Å². The van der Waals surface area contributed by atoms with Gasteiger partial charge in [0.15, 0.2) is 0 Å². The van der Waals surface area contributed by atoms with Gasteiger partial charge in [-0.25, -0.2) is 4.98 Å². The van der Waals surface area contributed by atoms with Crippen LogP contribution in [0.15, 0.2) is 45.6 Å². The molecule has 10 heteroatoms. The molecule has 0 aliphatic rings. The number of aromatic nitrogens is 2. The molecular weight excluding hydrogens is 446 g/mol. The Hall–Kier alpha value is -1.16. The standard InChI is InChI=1S/2C6H3BrF3N/c7-4-1-2-11-5(3-4)6(8,9)10;7-5-3-1-2-4(11-5)6(8,9)10/h2*1-3H. The molecule has 2 heterocycles. The minimum absolute atomic E-state index is 0.187. The van der Waals surface area contributed by atoms with E-state index in [2.05, 4.69) is 41.8 Å². The van der Waals surface area contributed by atoms with Gasteiger partial charge in [-0.2, -0.15) is 26.3 Å². The molecule has 0 aliphatic heterocycles. The van der Waals surface area contributed by atoms with Crippen molar-refractivity contribution in [2.24, 2.45) is 0 Å². The largest absolute Gasteiger partial charge is 0.433 e. The molecule has 0 N–H and O–H groups in total. The quantitative estimate of drug-likeness (QED) is 0.378. The first-order chi connectivity index (χ1) is 10.00. The third-order valence-electron chi connectivity index (χ3n) is 2.02. The minimum atomic E-state index is -4.36. The number of hydrogen-bond acceptors (Lipinski definition) is 2. The molecule has 0 spiro atoms. The number of nitrogens with zero attached hydrogens (tertiary/aromatic N) is 2. The molecule has 0 aliphatic carbocycles. The Bertz CT molecular complexity index is 572. The van der Waals surface area contributed by atoms with Gasteiger partial charge in [-0.15, -0.1) is 0 Å². The van der Waals surface area contributed by atoms with E-state index in [1.54, 1.807) is 0 Å². The average Bonchev–Trinajstić information content (AvgIpc) is 2.37. The van der Waals surface area contributed by atoms with Crippen molar-refractivity contribution in [2.75, 3.05) is 0 Å². The number of hydrogen-bond donors (Lipinski definition) is 0. The van der Waals surface area contributed by atoms with E-state index in [0.717, 1.165) is 18.3 Å². The number of pyridine rings is 2. The SMILES string of the molecule is FC(F)(F)c1cc(Br)ccn1.FC(F)(F)c1cccc(Br)n1. The molecule has 0 atom stereocenters. The molecule has 0 radical (unpaired) electrons. The van der Waals surface area contributed by atoms with Gasteiger partial charge in [-0.1, -0.05) is 22.0 Å². The first-order valence-electron chi connectivity index (χ1n) is 5.38. The maximum absolute atomic E-state index is 11.9. The van der Waals surface area contributed by atoms with Gasteiger partial charge in [0.1, 0.15) is 16.0 Å². The fraction of sp³-hybridized carbons (Fsp3) is 0.167. The summed E-state index contributed by atoms with van der Waals surface area (Å²) in [7, 11) is 0. The normalized spacial score (nSPS) is 11.6. The fourth-order valence-corrected chi connectivity index (χ4v) is 1.80. The Morgan fingerprint density at radius 1 is 0.818 bits per heavy atom. The third kappa shape index (κ3) is 6.30. The highest BCUT2D eigenvalue weighted by molar-refractivity contribution is 9.10. The van der Waals surface area contributed by atoms with Crippen molar-refractivity contribution in [2.45, 2.75) is 12.4 Å². The summed E-state index contributed by atoms with van der Waals surface area (Å²) in [5.74, 6) is 0. The molecular formula is C12H6Br2F6N2. The van der Waals surface area contributed by atoms with Gasteiger partial charge in [-0.3, -0.25) is 4.98 Å². The summed E-state index contributed by atoms with van der Waals surface area (Å²) in [6.07, 6.45) is -7.61. The van der Waals surface area contributed by atoms with Crippen LogP contribution >= 0.6 is 31.9 Å². The maximum Gasteiger partial charge on any atom is 0.433 e. The van der Waals surface area contributed by atoms with Crippen molar-refractivity contribution in [3.8, 4) is 0 Å². The number of halogens is 8. The van der Waals surface area contributed by atoms with Crippen LogP contribution in [0.25, 0.3) is 0 Å². The Morgan fingerprint density at radius 2 is 1.41 bits per heavy atom. The van der Waals surface area contributed by atoms with Gasteiger partial charge in [0.25, 0.3) is 0 Å². The highest BCUT2D eigenvalue weighted by atomic mass is 79.9. The summed E-state index contributed by atoms with van der Waals surface area (Å²) in [6, 6.07) is 6.02. The van der Waals surface area contributed by atoms with Gasteiger partial charge in [0, 0.05) is 10.7 Å². The van der Waals surface area contributed by atoms with Gasteiger partial charge >= 0.3 is 12.4 Å². The van der Waals surface area contributed by atoms with Crippen LogP contribution in [-0.4, -0.2) is 9.97 Å². The first kappa shape index (κ1) is 18.9. The zero-order chi connectivity index (χ0) is 17.0. The van der Waals surface area contributed by atoms with Crippen LogP contribution in [0.2, 0.25) is 0 Å². The smallest absolute Gasteiger partial charge is 0.252 e. The van der Waals surface area contributed by atoms with Crippen molar-refractivity contribution in [1.29, 1.82) is 0 Å². The van der Waals surface area contributed by atoms with Gasteiger partial charge in [-0.05, 0) is 40.2 Å². The van der Waals surface area contributed by atoms with Gasteiger partial charge in [0.05, 0.1) is 0 Å². The lowest BCUT2D eigenvalue weighted by Gasteiger charge is -2.03. The molecule has 0 fully saturated rings. The fourth-order valence-electron chi connectivity index (χ4n) is 1.13. The lowest BCUT2D eigenvalue weighted by atomic mass is 10.3. The average molecular weight is 452 g/mol. The van der Waals surface area contributed by atoms with Crippen molar-refractivity contribution in [3.05, 3.63) is 57.0 Å². The number of alkyl halides is 6. The minimum Gasteiger partial charge on any atom is -0.252 e. The zero-order valence-electron chi connectivity index (χ0n) is 10.4. The van der Waals surface area contributed by atoms with Crippen LogP contribution in [-0.2, 0) is 12.4 Å². The summed E-state index contributed by atoms with van der Waals surface area (Å²) in [5, 5.41) is 0. The second kappa shape index (κ2) is 7.40. The van der Waals surface area contributed by atoms with E-state index < -0.39 is 23.7 Å². The second-order valence-corrected chi connectivity index (χ2v) is 5.43. The highest BCUT2D eigenvalue weighted by Gasteiger charge is 2.32. The first-order valence-corrected chi connectivity index (χ1v) is 6.97. The second-order valence-electron chi connectivity index (χ2n) is 3.70. The predicted molar refractivity (Wildman–Crippen MR) is 73.9 cm³/mol. The Labute approximate surface area is 137 Å². The molecule has 2 nitrogen and oxygen atoms in total. The van der Waals surface area contributed by atoms with Crippen LogP contribution in [0.4, 0.5) is 26.3 Å². The molecule has 0 unspecified atom stereocenters. The van der Waals surface area contributed by atoms with Crippen molar-refractivity contribution in [1.82, 2.24) is 9.97 Å². The van der Waals surface area contributed by atoms with Crippen LogP contribution < -0.4 is 0 Å². The zero-order valence-corrected chi connectivity index (χ0v) is 13.6. The molecule has 0 saturated carbocycles. The van der Waals surface area contributed by atoms with E-state index in [1.807, 2.05) is 0 Å². The lowest BCUT2D eigenvalue weighted by Crippen LogP contribution is -2.07. The summed E-state index contributed by atoms with van der Waals surface area (Å²) in [5.41, 5.74) is -1.77. The van der Waals surface area contributed by atoms with Gasteiger partial charge in [0.2, 0.25) is 0 Å². The topological polar surface area (TPSA) is 25.8 Å². The summed E-state index contributed by atoms with van der Waals surface area (Å²) in [6.45, 7) is 0. The van der Waals surface area contributed by atoms with E-state index in [-0.39, 0.29) is 4.60 Å². The van der Waals surface area contributed by atoms with Crippen molar-refractivity contribution in [3.63, 3.8) is 0 Å². The molecule has 0 saturated heterocycles. The Balaban J connectivity index is 0.000000220. The third-order valence-corrected chi connectivity index (χ3v) is 2.95. The molecule has 0 amide bonds. The van der Waals surface area contributed by atoms with E-state index in [4.69, 9.17) is 0 Å². The lowest BCUT2D eigenvalue weighted by molar-refractivity contribution is -0.142. The molecule has 0 aromatic carbocycles. The van der Waals surface area contributed by atoms with Crippen LogP contribution in [0.3, 0.4) is 0 Å². The predicted octanol–water partition coefficient (Wildman–Crippen LogP) is 5.73. The summed E-state index contributed by atoms with van der Waals surface area (Å²) in [4.78, 5) is 6.39. The van der Waals surface area contributed by atoms with E-state index in [1.165, 1.54) is 18.2 Å². The van der Waals surface area contributed by atoms with Crippen molar-refractivity contribution < 1.29 is 26.3 Å². The maximum atomic E-state index is 11.9. The van der Waals surface area contributed by atoms with E-state index >= 15 is 0 Å². The van der Waals surface area contributed by atoms with E-state index in [0.29, 0.717) is 4.47 Å². The number of rotatable bonds is 0. The van der Waals surface area contributed by atoms with Gasteiger partial charge < -0.3 is 0 Å². The highest BCUT2D eigenvalue weighted by Crippen LogP contribution is 2.29. The summed E-state index contributed by atoms with van der Waals surface area (Å²) >= 11 is 5.76. The van der Waals surface area contributed by atoms with Crippen LogP contribution in [0.5, 0.6) is 0 Å². The van der Waals surface area contributed by atoms with Crippen molar-refractivity contribution >= 4 is 31.9 Å². The molecule has 2 rings (SSSR count). The Kier molecular flexibility index (Phi) is 6.36. The molecule has 0 bridgehead atoms. The molecule has 2 aromatic rings. The van der Waals surface area contributed by atoms with E-state index in [9.17, 15) is 26.3 Å². The summed E-state index contributed by atoms with van der Waals surface area (Å²) < 4.78 is 71.9. The van der Waals surface area contributed by atoms with Crippen LogP contribution in [0, 0.1) is 0 Å². The monoisotopic (exact) mass is 450 g/mol. The molecule has 22 heavy (non-hydrogen) atoms. The Morgan fingerprint density at radius 3 is 1.77 bits per heavy atom. The molecule has 2 aromatic heterocycles. The molecule has 120 valence electrons.